The molecule has 0 aliphatic rings. The van der Waals surface area contributed by atoms with Crippen molar-refractivity contribution in [3.05, 3.63) is 72.6 Å². The van der Waals surface area contributed by atoms with E-state index in [9.17, 15) is 0 Å². The van der Waals surface area contributed by atoms with Gasteiger partial charge in [0.05, 0.1) is 11.8 Å². The van der Waals surface area contributed by atoms with Gasteiger partial charge in [0.1, 0.15) is 11.7 Å². The Morgan fingerprint density at radius 1 is 1.10 bits per heavy atom. The van der Waals surface area contributed by atoms with Crippen LogP contribution in [0.25, 0.3) is 33.6 Å². The molecule has 4 aromatic heterocycles. The van der Waals surface area contributed by atoms with Crippen LogP contribution in [0.4, 0.5) is 0 Å². The van der Waals surface area contributed by atoms with Gasteiger partial charge in [-0.15, -0.1) is 10.2 Å². The van der Waals surface area contributed by atoms with Crippen molar-refractivity contribution in [3.63, 3.8) is 0 Å². The van der Waals surface area contributed by atoms with E-state index in [-0.39, 0.29) is 6.04 Å². The molecule has 29 heavy (non-hydrogen) atoms. The Labute approximate surface area is 166 Å². The van der Waals surface area contributed by atoms with Crippen LogP contribution in [0.5, 0.6) is 0 Å². The molecule has 4 heterocycles. The molecule has 0 aliphatic carbocycles. The minimum atomic E-state index is -0.174. The van der Waals surface area contributed by atoms with Gasteiger partial charge >= 0.3 is 0 Å². The molecule has 1 aromatic carbocycles. The van der Waals surface area contributed by atoms with E-state index in [1.165, 1.54) is 0 Å². The molecule has 0 fully saturated rings. The lowest BCUT2D eigenvalue weighted by atomic mass is 10.1. The zero-order valence-corrected chi connectivity index (χ0v) is 16.0. The summed E-state index contributed by atoms with van der Waals surface area (Å²) in [5.41, 5.74) is 4.62. The fourth-order valence-corrected chi connectivity index (χ4v) is 3.45. The molecule has 2 N–H and O–H groups in total. The normalized spacial score (nSPS) is 12.5. The van der Waals surface area contributed by atoms with E-state index < -0.39 is 0 Å². The number of nitrogens with one attached hydrogen (secondary N) is 2. The third kappa shape index (κ3) is 3.09. The maximum Gasteiger partial charge on any atom is 0.250 e. The van der Waals surface area contributed by atoms with Crippen molar-refractivity contribution in [3.8, 4) is 22.6 Å². The molecule has 5 rings (SSSR count). The number of hydrogen-bond donors (Lipinski definition) is 2. The van der Waals surface area contributed by atoms with Crippen LogP contribution >= 0.6 is 0 Å². The topological polar surface area (TPSA) is 97.5 Å². The highest BCUT2D eigenvalue weighted by atomic mass is 16.4. The van der Waals surface area contributed by atoms with Gasteiger partial charge in [-0.2, -0.15) is 5.10 Å². The zero-order valence-electron chi connectivity index (χ0n) is 16.0. The van der Waals surface area contributed by atoms with Crippen molar-refractivity contribution in [2.75, 3.05) is 7.05 Å². The molecule has 0 saturated heterocycles. The van der Waals surface area contributed by atoms with E-state index in [4.69, 9.17) is 4.42 Å². The molecule has 0 spiro atoms. The van der Waals surface area contributed by atoms with Crippen molar-refractivity contribution in [1.82, 2.24) is 35.3 Å². The third-order valence-corrected chi connectivity index (χ3v) is 4.91. The maximum atomic E-state index is 6.04. The highest BCUT2D eigenvalue weighted by Gasteiger charge is 2.21. The number of rotatable bonds is 5. The second kappa shape index (κ2) is 6.99. The fraction of sp³-hybridized carbons (Fsp3) is 0.143. The third-order valence-electron chi connectivity index (χ3n) is 4.91. The van der Waals surface area contributed by atoms with Gasteiger partial charge in [-0.1, -0.05) is 30.3 Å². The Hall–Kier alpha value is -3.78. The second-order valence-corrected chi connectivity index (χ2v) is 6.80. The monoisotopic (exact) mass is 385 g/mol. The Morgan fingerprint density at radius 3 is 2.72 bits per heavy atom. The molecule has 0 saturated carbocycles. The minimum Gasteiger partial charge on any atom is -0.419 e. The number of aromatic amines is 1. The van der Waals surface area contributed by atoms with Gasteiger partial charge in [0.15, 0.2) is 0 Å². The highest BCUT2D eigenvalue weighted by Crippen LogP contribution is 2.31. The van der Waals surface area contributed by atoms with Crippen molar-refractivity contribution < 1.29 is 4.42 Å². The fourth-order valence-electron chi connectivity index (χ4n) is 3.45. The molecule has 8 heteroatoms. The number of aryl methyl sites for hydroxylation is 1. The van der Waals surface area contributed by atoms with Crippen molar-refractivity contribution >= 4 is 11.0 Å². The second-order valence-electron chi connectivity index (χ2n) is 6.80. The van der Waals surface area contributed by atoms with Crippen LogP contribution in [0.1, 0.15) is 17.5 Å². The van der Waals surface area contributed by atoms with Crippen molar-refractivity contribution in [1.29, 1.82) is 0 Å². The molecule has 1 atom stereocenters. The van der Waals surface area contributed by atoms with Crippen LogP contribution in [0.3, 0.4) is 0 Å². The Balaban J connectivity index is 1.54. The Morgan fingerprint density at radius 2 is 1.97 bits per heavy atom. The molecule has 144 valence electrons. The number of hydrogen-bond acceptors (Lipinski definition) is 6. The first-order valence-corrected chi connectivity index (χ1v) is 9.25. The van der Waals surface area contributed by atoms with Crippen molar-refractivity contribution in [2.24, 2.45) is 7.05 Å². The summed E-state index contributed by atoms with van der Waals surface area (Å²) in [7, 11) is 3.76. The van der Waals surface area contributed by atoms with Crippen LogP contribution in [0.15, 0.2) is 65.6 Å². The van der Waals surface area contributed by atoms with Gasteiger partial charge in [-0.25, -0.2) is 4.98 Å². The first-order chi connectivity index (χ1) is 14.2. The van der Waals surface area contributed by atoms with Crippen LogP contribution in [0, 0.1) is 0 Å². The number of benzene rings is 1. The molecule has 1 unspecified atom stereocenters. The lowest BCUT2D eigenvalue weighted by Crippen LogP contribution is -2.17. The van der Waals surface area contributed by atoms with Gasteiger partial charge in [0.2, 0.25) is 11.8 Å². The predicted octanol–water partition coefficient (Wildman–Crippen LogP) is 3.32. The van der Waals surface area contributed by atoms with E-state index in [2.05, 4.69) is 36.6 Å². The molecule has 0 bridgehead atoms. The lowest BCUT2D eigenvalue weighted by Gasteiger charge is -2.11. The summed E-state index contributed by atoms with van der Waals surface area (Å²) < 4.78 is 7.81. The number of pyridine rings is 1. The van der Waals surface area contributed by atoms with Crippen LogP contribution in [-0.4, -0.2) is 37.0 Å². The van der Waals surface area contributed by atoms with E-state index >= 15 is 0 Å². The summed E-state index contributed by atoms with van der Waals surface area (Å²) >= 11 is 0. The quantitative estimate of drug-likeness (QED) is 0.482. The average molecular weight is 385 g/mol. The summed E-state index contributed by atoms with van der Waals surface area (Å²) in [5, 5.41) is 17.0. The SMILES string of the molecule is CNC(c1ccccc1)c1nnc(-c2c[nH]c3ncc(-c4cnn(C)c4)cc23)o1. The maximum absolute atomic E-state index is 6.04. The summed E-state index contributed by atoms with van der Waals surface area (Å²) in [5.74, 6) is 0.965. The smallest absolute Gasteiger partial charge is 0.250 e. The minimum absolute atomic E-state index is 0.174. The first kappa shape index (κ1) is 17.3. The molecule has 0 aliphatic heterocycles. The number of nitrogens with zero attached hydrogens (tertiary/aromatic N) is 5. The average Bonchev–Trinajstić information content (AvgIpc) is 3.48. The summed E-state index contributed by atoms with van der Waals surface area (Å²) in [4.78, 5) is 7.70. The van der Waals surface area contributed by atoms with Gasteiger partial charge < -0.3 is 14.7 Å². The van der Waals surface area contributed by atoms with Crippen molar-refractivity contribution in [2.45, 2.75) is 6.04 Å². The lowest BCUT2D eigenvalue weighted by molar-refractivity contribution is 0.456. The predicted molar refractivity (Wildman–Crippen MR) is 109 cm³/mol. The number of H-pyrrole nitrogens is 1. The van der Waals surface area contributed by atoms with E-state index in [0.717, 1.165) is 33.3 Å². The summed E-state index contributed by atoms with van der Waals surface area (Å²) in [6.45, 7) is 0. The Kier molecular flexibility index (Phi) is 4.18. The zero-order chi connectivity index (χ0) is 19.8. The number of aromatic nitrogens is 6. The molecule has 8 nitrogen and oxygen atoms in total. The highest BCUT2D eigenvalue weighted by molar-refractivity contribution is 5.93. The van der Waals surface area contributed by atoms with Crippen LogP contribution in [0.2, 0.25) is 0 Å². The Bertz CT molecular complexity index is 1270. The summed E-state index contributed by atoms with van der Waals surface area (Å²) in [6, 6.07) is 11.9. The van der Waals surface area contributed by atoms with Gasteiger partial charge in [-0.05, 0) is 18.7 Å². The first-order valence-electron chi connectivity index (χ1n) is 9.25. The van der Waals surface area contributed by atoms with Crippen LogP contribution < -0.4 is 5.32 Å². The molecule has 0 amide bonds. The number of fused-ring (bicyclic) bond motifs is 1. The van der Waals surface area contributed by atoms with Gasteiger partial charge in [0.25, 0.3) is 0 Å². The molecule has 5 aromatic rings. The van der Waals surface area contributed by atoms with Crippen LogP contribution in [-0.2, 0) is 7.05 Å². The summed E-state index contributed by atoms with van der Waals surface area (Å²) in [6.07, 6.45) is 7.44. The van der Waals surface area contributed by atoms with E-state index in [1.807, 2.05) is 69.2 Å². The van der Waals surface area contributed by atoms with E-state index in [0.29, 0.717) is 11.8 Å². The van der Waals surface area contributed by atoms with Gasteiger partial charge in [-0.3, -0.25) is 4.68 Å². The standard InChI is InChI=1S/C21H19N7O/c1-22-18(13-6-4-3-5-7-13)21-27-26-20(29-21)17-11-24-19-16(17)8-14(9-23-19)15-10-25-28(2)12-15/h3-12,18,22H,1-2H3,(H,23,24). The molecular formula is C21H19N7O. The largest absolute Gasteiger partial charge is 0.419 e. The van der Waals surface area contributed by atoms with Gasteiger partial charge in [0, 0.05) is 42.2 Å². The molecule has 0 radical (unpaired) electrons. The van der Waals surface area contributed by atoms with E-state index in [1.54, 1.807) is 4.68 Å². The molecular weight excluding hydrogens is 366 g/mol.